The molecule has 1 saturated heterocycles. The normalized spacial score (nSPS) is 17.7. The second-order valence-electron chi connectivity index (χ2n) is 4.10. The number of rotatable bonds is 2. The summed E-state index contributed by atoms with van der Waals surface area (Å²) in [6.45, 7) is 4.04. The molecule has 1 aromatic carbocycles. The third kappa shape index (κ3) is 2.63. The molecule has 0 unspecified atom stereocenters. The molecule has 82 valence electrons. The van der Waals surface area contributed by atoms with Crippen molar-refractivity contribution in [2.24, 2.45) is 0 Å². The van der Waals surface area contributed by atoms with E-state index in [0.717, 1.165) is 30.1 Å². The lowest BCUT2D eigenvalue weighted by Crippen LogP contribution is -2.32. The van der Waals surface area contributed by atoms with Gasteiger partial charge in [0.1, 0.15) is 5.75 Å². The zero-order valence-corrected chi connectivity index (χ0v) is 9.20. The van der Waals surface area contributed by atoms with Crippen LogP contribution in [0.1, 0.15) is 24.8 Å². The minimum Gasteiger partial charge on any atom is -0.406 e. The average Bonchev–Trinajstić information content (AvgIpc) is 2.25. The second kappa shape index (κ2) is 4.53. The number of hydrogen-bond acceptors (Lipinski definition) is 3. The van der Waals surface area contributed by atoms with E-state index >= 15 is 0 Å². The Bertz CT molecular complexity index is 332. The first-order chi connectivity index (χ1) is 7.25. The summed E-state index contributed by atoms with van der Waals surface area (Å²) in [5.74, 6) is 0.847. The molecule has 1 fully saturated rings. The predicted octanol–water partition coefficient (Wildman–Crippen LogP) is 2.36. The van der Waals surface area contributed by atoms with Crippen molar-refractivity contribution in [3.8, 4) is 5.75 Å². The molecule has 0 aliphatic carbocycles. The van der Waals surface area contributed by atoms with Crippen molar-refractivity contribution in [1.29, 1.82) is 0 Å². The molecular formula is C12H18N2O. The van der Waals surface area contributed by atoms with Crippen LogP contribution in [-0.4, -0.2) is 18.2 Å². The summed E-state index contributed by atoms with van der Waals surface area (Å²) in [6, 6.07) is 5.86. The van der Waals surface area contributed by atoms with Crippen molar-refractivity contribution in [3.05, 3.63) is 23.8 Å². The van der Waals surface area contributed by atoms with Crippen molar-refractivity contribution < 1.29 is 4.84 Å². The zero-order chi connectivity index (χ0) is 10.7. The van der Waals surface area contributed by atoms with Gasteiger partial charge in [-0.1, -0.05) is 12.5 Å². The summed E-state index contributed by atoms with van der Waals surface area (Å²) in [6.07, 6.45) is 3.76. The molecule has 3 nitrogen and oxygen atoms in total. The topological polar surface area (TPSA) is 38.5 Å². The van der Waals surface area contributed by atoms with E-state index in [9.17, 15) is 0 Å². The third-order valence-electron chi connectivity index (χ3n) is 2.80. The molecule has 15 heavy (non-hydrogen) atoms. The molecule has 0 bridgehead atoms. The first kappa shape index (κ1) is 10.3. The molecule has 0 saturated carbocycles. The molecule has 1 aliphatic heterocycles. The van der Waals surface area contributed by atoms with Gasteiger partial charge in [0.25, 0.3) is 0 Å². The molecule has 2 N–H and O–H groups in total. The van der Waals surface area contributed by atoms with Gasteiger partial charge in [0.05, 0.1) is 0 Å². The first-order valence-corrected chi connectivity index (χ1v) is 5.55. The maximum Gasteiger partial charge on any atom is 0.149 e. The summed E-state index contributed by atoms with van der Waals surface area (Å²) < 4.78 is 0. The van der Waals surface area contributed by atoms with Crippen LogP contribution >= 0.6 is 0 Å². The minimum atomic E-state index is 0.796. The number of aryl methyl sites for hydroxylation is 1. The monoisotopic (exact) mass is 206 g/mol. The number of benzene rings is 1. The van der Waals surface area contributed by atoms with Crippen LogP contribution in [0.4, 0.5) is 5.69 Å². The van der Waals surface area contributed by atoms with Crippen LogP contribution in [0.5, 0.6) is 5.75 Å². The van der Waals surface area contributed by atoms with Gasteiger partial charge < -0.3 is 10.6 Å². The molecule has 0 radical (unpaired) electrons. The average molecular weight is 206 g/mol. The van der Waals surface area contributed by atoms with Gasteiger partial charge >= 0.3 is 0 Å². The summed E-state index contributed by atoms with van der Waals surface area (Å²) >= 11 is 0. The number of nitrogens with two attached hydrogens (primary N) is 1. The number of piperidine rings is 1. The van der Waals surface area contributed by atoms with Gasteiger partial charge in [0.2, 0.25) is 0 Å². The highest BCUT2D eigenvalue weighted by Gasteiger charge is 2.11. The lowest BCUT2D eigenvalue weighted by Gasteiger charge is -2.26. The molecule has 1 aliphatic rings. The molecule has 0 aromatic heterocycles. The standard InChI is InChI=1S/C12H18N2O/c1-10-5-6-11(9-12(10)13)15-14-7-3-2-4-8-14/h5-6,9H,2-4,7-8,13H2,1H3. The highest BCUT2D eigenvalue weighted by atomic mass is 16.7. The third-order valence-corrected chi connectivity index (χ3v) is 2.80. The number of nitrogen functional groups attached to an aromatic ring is 1. The van der Waals surface area contributed by atoms with Crippen molar-refractivity contribution >= 4 is 5.69 Å². The lowest BCUT2D eigenvalue weighted by atomic mass is 10.2. The Kier molecular flexibility index (Phi) is 3.11. The molecule has 2 rings (SSSR count). The molecule has 0 spiro atoms. The fraction of sp³-hybridized carbons (Fsp3) is 0.500. The number of hydrogen-bond donors (Lipinski definition) is 1. The number of hydroxylamine groups is 2. The van der Waals surface area contributed by atoms with Crippen LogP contribution < -0.4 is 10.6 Å². The lowest BCUT2D eigenvalue weighted by molar-refractivity contribution is -0.0719. The summed E-state index contributed by atoms with van der Waals surface area (Å²) in [5.41, 5.74) is 7.72. The SMILES string of the molecule is Cc1ccc(ON2CCCCC2)cc1N. The molecule has 0 atom stereocenters. The summed E-state index contributed by atoms with van der Waals surface area (Å²) in [5, 5.41) is 2.02. The van der Waals surface area contributed by atoms with Crippen LogP contribution in [0.25, 0.3) is 0 Å². The molecule has 1 aromatic rings. The van der Waals surface area contributed by atoms with Gasteiger partial charge in [-0.25, -0.2) is 0 Å². The fourth-order valence-electron chi connectivity index (χ4n) is 1.78. The van der Waals surface area contributed by atoms with E-state index in [0.29, 0.717) is 0 Å². The van der Waals surface area contributed by atoms with Gasteiger partial charge in [-0.3, -0.25) is 0 Å². The zero-order valence-electron chi connectivity index (χ0n) is 9.20. The van der Waals surface area contributed by atoms with Crippen LogP contribution in [0, 0.1) is 6.92 Å². The fourth-order valence-corrected chi connectivity index (χ4v) is 1.78. The Morgan fingerprint density at radius 1 is 1.20 bits per heavy atom. The quantitative estimate of drug-likeness (QED) is 0.755. The van der Waals surface area contributed by atoms with E-state index < -0.39 is 0 Å². The van der Waals surface area contributed by atoms with Gasteiger partial charge in [-0.05, 0) is 31.4 Å². The van der Waals surface area contributed by atoms with Crippen LogP contribution in [-0.2, 0) is 0 Å². The smallest absolute Gasteiger partial charge is 0.149 e. The van der Waals surface area contributed by atoms with Crippen LogP contribution in [0.15, 0.2) is 18.2 Å². The second-order valence-corrected chi connectivity index (χ2v) is 4.10. The maximum absolute atomic E-state index is 5.83. The van der Waals surface area contributed by atoms with E-state index in [2.05, 4.69) is 0 Å². The van der Waals surface area contributed by atoms with E-state index in [1.54, 1.807) is 0 Å². The Morgan fingerprint density at radius 3 is 2.60 bits per heavy atom. The Morgan fingerprint density at radius 2 is 1.93 bits per heavy atom. The highest BCUT2D eigenvalue weighted by Crippen LogP contribution is 2.21. The van der Waals surface area contributed by atoms with Crippen molar-refractivity contribution in [1.82, 2.24) is 5.06 Å². The van der Waals surface area contributed by atoms with E-state index in [1.807, 2.05) is 30.2 Å². The van der Waals surface area contributed by atoms with Gasteiger partial charge in [-0.15, -0.1) is 5.06 Å². The van der Waals surface area contributed by atoms with Gasteiger partial charge in [-0.2, -0.15) is 0 Å². The van der Waals surface area contributed by atoms with Gasteiger partial charge in [0, 0.05) is 24.8 Å². The molecule has 1 heterocycles. The molecule has 3 heteroatoms. The highest BCUT2D eigenvalue weighted by molar-refractivity contribution is 5.50. The molecular weight excluding hydrogens is 188 g/mol. The maximum atomic E-state index is 5.83. The Labute approximate surface area is 90.8 Å². The van der Waals surface area contributed by atoms with Crippen LogP contribution in [0.3, 0.4) is 0 Å². The summed E-state index contributed by atoms with van der Waals surface area (Å²) in [7, 11) is 0. The minimum absolute atomic E-state index is 0.796. The van der Waals surface area contributed by atoms with Gasteiger partial charge in [0.15, 0.2) is 0 Å². The predicted molar refractivity (Wildman–Crippen MR) is 61.6 cm³/mol. The number of anilines is 1. The van der Waals surface area contributed by atoms with Crippen molar-refractivity contribution in [2.75, 3.05) is 18.8 Å². The number of nitrogens with zero attached hydrogens (tertiary/aromatic N) is 1. The Hall–Kier alpha value is -1.22. The largest absolute Gasteiger partial charge is 0.406 e. The van der Waals surface area contributed by atoms with Crippen molar-refractivity contribution in [3.63, 3.8) is 0 Å². The van der Waals surface area contributed by atoms with E-state index in [1.165, 1.54) is 19.3 Å². The van der Waals surface area contributed by atoms with E-state index in [4.69, 9.17) is 10.6 Å². The summed E-state index contributed by atoms with van der Waals surface area (Å²) in [4.78, 5) is 5.74. The first-order valence-electron chi connectivity index (χ1n) is 5.55. The van der Waals surface area contributed by atoms with E-state index in [-0.39, 0.29) is 0 Å². The Balaban J connectivity index is 2.00. The molecule has 0 amide bonds. The van der Waals surface area contributed by atoms with Crippen molar-refractivity contribution in [2.45, 2.75) is 26.2 Å². The van der Waals surface area contributed by atoms with Crippen LogP contribution in [0.2, 0.25) is 0 Å².